The normalized spacial score (nSPS) is 20.1. The third-order valence-electron chi connectivity index (χ3n) is 9.70. The molecule has 3 aliphatic rings. The lowest BCUT2D eigenvalue weighted by Crippen LogP contribution is -2.57. The molecule has 0 saturated carbocycles. The highest BCUT2D eigenvalue weighted by Crippen LogP contribution is 2.56. The summed E-state index contributed by atoms with van der Waals surface area (Å²) in [7, 11) is 0. The number of likely N-dealkylation sites (tertiary alicyclic amines) is 1. The average molecular weight is 614 g/mol. The Bertz CT molecular complexity index is 1800. The predicted octanol–water partition coefficient (Wildman–Crippen LogP) is 7.53. The minimum atomic E-state index is -0.190. The van der Waals surface area contributed by atoms with Crippen molar-refractivity contribution in [1.29, 1.82) is 0 Å². The number of hydrogen-bond acceptors (Lipinski definition) is 4. The van der Waals surface area contributed by atoms with Gasteiger partial charge in [-0.3, -0.25) is 4.79 Å². The molecule has 0 bridgehead atoms. The Kier molecular flexibility index (Phi) is 8.07. The summed E-state index contributed by atoms with van der Waals surface area (Å²) < 4.78 is 1.99. The molecule has 1 fully saturated rings. The Hall–Kier alpha value is -4.56. The molecule has 7 rings (SSSR count). The van der Waals surface area contributed by atoms with Crippen molar-refractivity contribution in [2.75, 3.05) is 13.1 Å². The molecule has 3 aliphatic heterocycles. The first-order valence-electron chi connectivity index (χ1n) is 16.5. The number of fused-ring (bicyclic) bond motifs is 1. The maximum Gasteiger partial charge on any atom is 0.267 e. The van der Waals surface area contributed by atoms with Crippen LogP contribution >= 0.6 is 0 Å². The van der Waals surface area contributed by atoms with E-state index in [1.165, 1.54) is 11.1 Å². The van der Waals surface area contributed by atoms with E-state index in [4.69, 9.17) is 5.10 Å². The Morgan fingerprint density at radius 1 is 0.804 bits per heavy atom. The quantitative estimate of drug-likeness (QED) is 0.209. The number of aromatic nitrogens is 2. The molecule has 234 valence electrons. The predicted molar refractivity (Wildman–Crippen MR) is 180 cm³/mol. The van der Waals surface area contributed by atoms with Crippen molar-refractivity contribution in [3.8, 4) is 0 Å². The number of hydroxylamine groups is 3. The molecule has 1 saturated heterocycles. The van der Waals surface area contributed by atoms with Crippen LogP contribution in [0.15, 0.2) is 138 Å². The lowest BCUT2D eigenvalue weighted by molar-refractivity contribution is -1.08. The fourth-order valence-electron chi connectivity index (χ4n) is 7.66. The van der Waals surface area contributed by atoms with E-state index in [9.17, 15) is 10.0 Å². The Labute approximate surface area is 271 Å². The SMILES string of the molecule is CC(C)n1nc(C2=C3C([N+]4(O)CCCCC4)=CC=CN3[N+](Cc3ccccc3)(Cc3ccccc3)C2c2ccccc2)ccc1=O. The van der Waals surface area contributed by atoms with Crippen LogP contribution in [0.4, 0.5) is 0 Å². The zero-order chi connectivity index (χ0) is 31.7. The van der Waals surface area contributed by atoms with Crippen molar-refractivity contribution >= 4 is 5.57 Å². The van der Waals surface area contributed by atoms with Crippen LogP contribution in [0, 0.1) is 0 Å². The maximum atomic E-state index is 13.0. The van der Waals surface area contributed by atoms with Crippen molar-refractivity contribution in [1.82, 2.24) is 14.8 Å². The molecule has 3 aromatic carbocycles. The summed E-state index contributed by atoms with van der Waals surface area (Å²) in [5.41, 5.74) is 7.13. The summed E-state index contributed by atoms with van der Waals surface area (Å²) >= 11 is 0. The summed E-state index contributed by atoms with van der Waals surface area (Å²) in [6, 6.07) is 35.3. The first kappa shape index (κ1) is 30.1. The highest BCUT2D eigenvalue weighted by atomic mass is 16.5. The Morgan fingerprint density at radius 3 is 1.98 bits per heavy atom. The van der Waals surface area contributed by atoms with Gasteiger partial charge in [0.25, 0.3) is 5.56 Å². The molecule has 1 aromatic heterocycles. The van der Waals surface area contributed by atoms with Crippen LogP contribution in [0.25, 0.3) is 5.57 Å². The van der Waals surface area contributed by atoms with Crippen LogP contribution < -0.4 is 5.56 Å². The van der Waals surface area contributed by atoms with Crippen LogP contribution in [0.2, 0.25) is 0 Å². The van der Waals surface area contributed by atoms with E-state index >= 15 is 0 Å². The van der Waals surface area contributed by atoms with Gasteiger partial charge < -0.3 is 0 Å². The number of nitrogens with zero attached hydrogens (tertiary/aromatic N) is 5. The third kappa shape index (κ3) is 5.34. The minimum absolute atomic E-state index is 0.0989. The van der Waals surface area contributed by atoms with Gasteiger partial charge in [0.05, 0.1) is 23.5 Å². The van der Waals surface area contributed by atoms with Gasteiger partial charge in [-0.25, -0.2) is 9.89 Å². The second-order valence-electron chi connectivity index (χ2n) is 13.1. The van der Waals surface area contributed by atoms with Gasteiger partial charge in [0.15, 0.2) is 17.4 Å². The smallest absolute Gasteiger partial charge is 0.267 e. The number of rotatable bonds is 8. The van der Waals surface area contributed by atoms with Crippen molar-refractivity contribution < 1.29 is 14.4 Å². The van der Waals surface area contributed by atoms with Gasteiger partial charge in [-0.05, 0) is 32.4 Å². The summed E-state index contributed by atoms with van der Waals surface area (Å²) in [6.45, 7) is 6.72. The zero-order valence-corrected chi connectivity index (χ0v) is 26.7. The highest BCUT2D eigenvalue weighted by molar-refractivity contribution is 5.75. The summed E-state index contributed by atoms with van der Waals surface area (Å²) in [6.07, 6.45) is 9.43. The molecule has 1 N–H and O–H groups in total. The van der Waals surface area contributed by atoms with Crippen LogP contribution in [-0.4, -0.2) is 42.3 Å². The molecule has 0 aliphatic carbocycles. The lowest BCUT2D eigenvalue weighted by Gasteiger charge is -2.47. The van der Waals surface area contributed by atoms with Gasteiger partial charge in [-0.15, -0.1) is 4.65 Å². The summed E-state index contributed by atoms with van der Waals surface area (Å²) in [4.78, 5) is 13.0. The van der Waals surface area contributed by atoms with Crippen molar-refractivity contribution in [2.45, 2.75) is 58.3 Å². The second kappa shape index (κ2) is 12.3. The van der Waals surface area contributed by atoms with Crippen molar-refractivity contribution in [3.05, 3.63) is 166 Å². The van der Waals surface area contributed by atoms with Crippen molar-refractivity contribution in [2.24, 2.45) is 0 Å². The molecule has 4 heterocycles. The highest BCUT2D eigenvalue weighted by Gasteiger charge is 2.59. The Balaban J connectivity index is 1.56. The monoisotopic (exact) mass is 613 g/mol. The van der Waals surface area contributed by atoms with Crippen LogP contribution in [0.5, 0.6) is 0 Å². The van der Waals surface area contributed by atoms with Gasteiger partial charge in [0, 0.05) is 41.7 Å². The molecule has 1 atom stereocenters. The van der Waals surface area contributed by atoms with Gasteiger partial charge in [-0.2, -0.15) is 14.7 Å². The molecular formula is C39H43N5O2+2. The van der Waals surface area contributed by atoms with Crippen LogP contribution in [-0.2, 0) is 13.1 Å². The molecule has 0 radical (unpaired) electrons. The fraction of sp³-hybridized carbons (Fsp3) is 0.282. The molecule has 4 aromatic rings. The number of piperidine rings is 1. The minimum Gasteiger partial charge on any atom is -0.268 e. The molecule has 7 nitrogen and oxygen atoms in total. The van der Waals surface area contributed by atoms with Crippen LogP contribution in [0.1, 0.15) is 67.6 Å². The van der Waals surface area contributed by atoms with Gasteiger partial charge >= 0.3 is 0 Å². The summed E-state index contributed by atoms with van der Waals surface area (Å²) in [5, 5.41) is 19.9. The van der Waals surface area contributed by atoms with E-state index in [2.05, 4.69) is 114 Å². The molecule has 0 amide bonds. The number of hydrogen-bond donors (Lipinski definition) is 1. The maximum absolute atomic E-state index is 13.0. The average Bonchev–Trinajstić information content (AvgIpc) is 3.36. The van der Waals surface area contributed by atoms with E-state index in [0.29, 0.717) is 30.8 Å². The van der Waals surface area contributed by atoms with E-state index in [1.54, 1.807) is 10.7 Å². The molecule has 0 spiro atoms. The van der Waals surface area contributed by atoms with Gasteiger partial charge in [0.1, 0.15) is 26.2 Å². The third-order valence-corrected chi connectivity index (χ3v) is 9.70. The second-order valence-corrected chi connectivity index (χ2v) is 13.1. The molecule has 1 unspecified atom stereocenters. The lowest BCUT2D eigenvalue weighted by atomic mass is 9.91. The first-order valence-corrected chi connectivity index (χ1v) is 16.5. The topological polar surface area (TPSA) is 58.4 Å². The van der Waals surface area contributed by atoms with E-state index in [-0.39, 0.29) is 22.3 Å². The van der Waals surface area contributed by atoms with E-state index in [0.717, 1.165) is 47.5 Å². The molecule has 7 heteroatoms. The molecule has 46 heavy (non-hydrogen) atoms. The van der Waals surface area contributed by atoms with E-state index in [1.807, 2.05) is 19.9 Å². The van der Waals surface area contributed by atoms with Crippen molar-refractivity contribution in [3.63, 3.8) is 0 Å². The van der Waals surface area contributed by atoms with E-state index < -0.39 is 0 Å². The Morgan fingerprint density at radius 2 is 1.39 bits per heavy atom. The standard InChI is InChI=1S/C39H43N5O2/c1-30(2)42-36(45)24-23-34(40-42)37-38-35(44(46)26-13-6-14-27-44)22-15-25-41(38)43(28-31-16-7-3-8-17-31,29-32-18-9-4-10-19-32)39(37)33-20-11-5-12-21-33/h3-5,7-12,15-25,30,39,46H,6,13-14,26-29H2,1-2H3/q+2. The van der Waals surface area contributed by atoms with Gasteiger partial charge in [0.2, 0.25) is 0 Å². The number of quaternary nitrogens is 2. The first-order chi connectivity index (χ1) is 22.4. The summed E-state index contributed by atoms with van der Waals surface area (Å²) in [5.74, 6) is 0. The van der Waals surface area contributed by atoms with Crippen LogP contribution in [0.3, 0.4) is 0 Å². The fourth-order valence-corrected chi connectivity index (χ4v) is 7.66. The number of benzene rings is 3. The molecular weight excluding hydrogens is 570 g/mol. The zero-order valence-electron chi connectivity index (χ0n) is 26.7. The largest absolute Gasteiger partial charge is 0.268 e. The van der Waals surface area contributed by atoms with Gasteiger partial charge in [-0.1, -0.05) is 91.0 Å². The number of allylic oxidation sites excluding steroid dienone is 2.